The molecule has 0 aromatic carbocycles. The summed E-state index contributed by atoms with van der Waals surface area (Å²) in [4.78, 5) is 13.6. The molecule has 0 radical (unpaired) electrons. The van der Waals surface area contributed by atoms with E-state index in [4.69, 9.17) is 0 Å². The molecule has 2 rings (SSSR count). The largest absolute Gasteiger partial charge is 0.359 e. The molecule has 0 saturated carbocycles. The zero-order chi connectivity index (χ0) is 12.4. The third-order valence-corrected chi connectivity index (χ3v) is 4.00. The zero-order valence-electron chi connectivity index (χ0n) is 10.7. The van der Waals surface area contributed by atoms with Crippen molar-refractivity contribution in [1.82, 2.24) is 9.97 Å². The fraction of sp³-hybridized carbons (Fsp3) is 0.500. The summed E-state index contributed by atoms with van der Waals surface area (Å²) in [5.41, 5.74) is 0. The van der Waals surface area contributed by atoms with E-state index in [-0.39, 0.29) is 0 Å². The second-order valence-electron chi connectivity index (χ2n) is 3.92. The van der Waals surface area contributed by atoms with E-state index < -0.39 is 0 Å². The minimum Gasteiger partial charge on any atom is -0.359 e. The second kappa shape index (κ2) is 4.87. The van der Waals surface area contributed by atoms with Crippen LogP contribution >= 0.6 is 11.3 Å². The Balaban J connectivity index is 2.64. The van der Waals surface area contributed by atoms with Crippen LogP contribution in [0.5, 0.6) is 0 Å². The Morgan fingerprint density at radius 2 is 2.12 bits per heavy atom. The predicted octanol–water partition coefficient (Wildman–Crippen LogP) is 2.75. The molecule has 0 spiro atoms. The molecule has 92 valence electrons. The Morgan fingerprint density at radius 1 is 1.35 bits per heavy atom. The topological polar surface area (TPSA) is 41.1 Å². The lowest BCUT2D eigenvalue weighted by atomic mass is 10.3. The summed E-state index contributed by atoms with van der Waals surface area (Å²) >= 11 is 1.75. The molecule has 17 heavy (non-hydrogen) atoms. The van der Waals surface area contributed by atoms with Crippen LogP contribution < -0.4 is 10.2 Å². The quantitative estimate of drug-likeness (QED) is 0.906. The molecule has 0 aliphatic rings. The monoisotopic (exact) mass is 250 g/mol. The number of nitrogens with one attached hydrogen (secondary N) is 1. The van der Waals surface area contributed by atoms with Crippen molar-refractivity contribution in [3.05, 3.63) is 10.9 Å². The number of nitrogens with zero attached hydrogens (tertiary/aromatic N) is 3. The van der Waals surface area contributed by atoms with Gasteiger partial charge in [0.1, 0.15) is 10.6 Å². The summed E-state index contributed by atoms with van der Waals surface area (Å²) in [5.74, 6) is 1.70. The SMILES string of the molecule is CCc1cc2c(N(C)CC)nc(NC)nc2s1. The predicted molar refractivity (Wildman–Crippen MR) is 75.3 cm³/mol. The van der Waals surface area contributed by atoms with E-state index in [2.05, 4.69) is 47.1 Å². The molecular formula is C12H18N4S. The highest BCUT2D eigenvalue weighted by Crippen LogP contribution is 2.31. The van der Waals surface area contributed by atoms with Gasteiger partial charge >= 0.3 is 0 Å². The number of rotatable bonds is 4. The molecule has 2 aromatic rings. The van der Waals surface area contributed by atoms with Gasteiger partial charge in [0.05, 0.1) is 5.39 Å². The van der Waals surface area contributed by atoms with Crippen LogP contribution in [-0.2, 0) is 6.42 Å². The Kier molecular flexibility index (Phi) is 3.47. The van der Waals surface area contributed by atoms with Crippen LogP contribution in [0.1, 0.15) is 18.7 Å². The molecule has 0 aliphatic heterocycles. The molecular weight excluding hydrogens is 232 g/mol. The van der Waals surface area contributed by atoms with Gasteiger partial charge in [0.25, 0.3) is 0 Å². The summed E-state index contributed by atoms with van der Waals surface area (Å²) in [5, 5.41) is 4.19. The Hall–Kier alpha value is -1.36. The van der Waals surface area contributed by atoms with E-state index in [0.29, 0.717) is 5.95 Å². The highest BCUT2D eigenvalue weighted by molar-refractivity contribution is 7.18. The maximum Gasteiger partial charge on any atom is 0.225 e. The Labute approximate surface area is 106 Å². The average molecular weight is 250 g/mol. The minimum atomic E-state index is 0.692. The second-order valence-corrected chi connectivity index (χ2v) is 5.04. The number of hydrogen-bond acceptors (Lipinski definition) is 5. The standard InChI is InChI=1S/C12H18N4S/c1-5-8-7-9-10(16(4)6-2)14-12(13-3)15-11(9)17-8/h7H,5-6H2,1-4H3,(H,13,14,15). The number of fused-ring (bicyclic) bond motifs is 1. The van der Waals surface area contributed by atoms with Crippen LogP contribution in [0.25, 0.3) is 10.2 Å². The minimum absolute atomic E-state index is 0.692. The van der Waals surface area contributed by atoms with E-state index in [1.807, 2.05) is 7.05 Å². The van der Waals surface area contributed by atoms with Crippen LogP contribution in [0, 0.1) is 0 Å². The van der Waals surface area contributed by atoms with Crippen molar-refractivity contribution in [2.24, 2.45) is 0 Å². The third-order valence-electron chi connectivity index (χ3n) is 2.83. The van der Waals surface area contributed by atoms with Gasteiger partial charge in [-0.1, -0.05) is 6.92 Å². The van der Waals surface area contributed by atoms with E-state index in [0.717, 1.165) is 29.0 Å². The maximum absolute atomic E-state index is 4.55. The molecule has 0 saturated heterocycles. The number of thiophene rings is 1. The molecule has 0 atom stereocenters. The van der Waals surface area contributed by atoms with E-state index in [1.54, 1.807) is 11.3 Å². The van der Waals surface area contributed by atoms with Crippen LogP contribution in [0.4, 0.5) is 11.8 Å². The van der Waals surface area contributed by atoms with Crippen molar-refractivity contribution in [2.75, 3.05) is 30.9 Å². The van der Waals surface area contributed by atoms with Crippen LogP contribution in [0.2, 0.25) is 0 Å². The van der Waals surface area contributed by atoms with Gasteiger partial charge in [-0.25, -0.2) is 4.98 Å². The van der Waals surface area contributed by atoms with Gasteiger partial charge in [0.2, 0.25) is 5.95 Å². The first-order chi connectivity index (χ1) is 8.19. The van der Waals surface area contributed by atoms with Crippen molar-refractivity contribution in [2.45, 2.75) is 20.3 Å². The van der Waals surface area contributed by atoms with Gasteiger partial charge in [-0.05, 0) is 19.4 Å². The summed E-state index contributed by atoms with van der Waals surface area (Å²) < 4.78 is 0. The normalized spacial score (nSPS) is 10.8. The lowest BCUT2D eigenvalue weighted by molar-refractivity contribution is 0.941. The Bertz CT molecular complexity index is 520. The van der Waals surface area contributed by atoms with Crippen molar-refractivity contribution in [1.29, 1.82) is 0 Å². The smallest absolute Gasteiger partial charge is 0.225 e. The van der Waals surface area contributed by atoms with Crippen molar-refractivity contribution in [3.8, 4) is 0 Å². The van der Waals surface area contributed by atoms with E-state index in [1.165, 1.54) is 4.88 Å². The van der Waals surface area contributed by atoms with Crippen molar-refractivity contribution < 1.29 is 0 Å². The molecule has 0 bridgehead atoms. The van der Waals surface area contributed by atoms with Crippen LogP contribution in [0.15, 0.2) is 6.07 Å². The Morgan fingerprint density at radius 3 is 2.71 bits per heavy atom. The molecule has 2 aromatic heterocycles. The molecule has 1 N–H and O–H groups in total. The van der Waals surface area contributed by atoms with Gasteiger partial charge < -0.3 is 10.2 Å². The molecule has 0 amide bonds. The molecule has 0 aliphatic carbocycles. The lowest BCUT2D eigenvalue weighted by Crippen LogP contribution is -2.18. The first-order valence-corrected chi connectivity index (χ1v) is 6.70. The molecule has 0 fully saturated rings. The number of aryl methyl sites for hydroxylation is 1. The molecule has 5 heteroatoms. The fourth-order valence-electron chi connectivity index (χ4n) is 1.68. The van der Waals surface area contributed by atoms with E-state index in [9.17, 15) is 0 Å². The highest BCUT2D eigenvalue weighted by Gasteiger charge is 2.13. The van der Waals surface area contributed by atoms with Gasteiger partial charge in [-0.2, -0.15) is 4.98 Å². The van der Waals surface area contributed by atoms with Crippen molar-refractivity contribution >= 4 is 33.3 Å². The van der Waals surface area contributed by atoms with Crippen molar-refractivity contribution in [3.63, 3.8) is 0 Å². The zero-order valence-corrected chi connectivity index (χ0v) is 11.6. The summed E-state index contributed by atoms with van der Waals surface area (Å²) in [6, 6.07) is 2.21. The van der Waals surface area contributed by atoms with Gasteiger partial charge in [-0.3, -0.25) is 0 Å². The fourth-order valence-corrected chi connectivity index (χ4v) is 2.64. The number of aromatic nitrogens is 2. The first kappa shape index (κ1) is 12.1. The molecule has 2 heterocycles. The summed E-state index contributed by atoms with van der Waals surface area (Å²) in [7, 11) is 3.91. The highest BCUT2D eigenvalue weighted by atomic mass is 32.1. The molecule has 4 nitrogen and oxygen atoms in total. The maximum atomic E-state index is 4.55. The van der Waals surface area contributed by atoms with Gasteiger partial charge in [-0.15, -0.1) is 11.3 Å². The third kappa shape index (κ3) is 2.20. The number of anilines is 2. The van der Waals surface area contributed by atoms with Crippen LogP contribution in [0.3, 0.4) is 0 Å². The van der Waals surface area contributed by atoms with Gasteiger partial charge in [0, 0.05) is 25.5 Å². The molecule has 0 unspecified atom stereocenters. The van der Waals surface area contributed by atoms with Gasteiger partial charge in [0.15, 0.2) is 0 Å². The average Bonchev–Trinajstić information content (AvgIpc) is 2.79. The first-order valence-electron chi connectivity index (χ1n) is 5.88. The van der Waals surface area contributed by atoms with E-state index >= 15 is 0 Å². The summed E-state index contributed by atoms with van der Waals surface area (Å²) in [6.45, 7) is 5.23. The van der Waals surface area contributed by atoms with Crippen LogP contribution in [-0.4, -0.2) is 30.6 Å². The lowest BCUT2D eigenvalue weighted by Gasteiger charge is -2.17. The number of hydrogen-bond donors (Lipinski definition) is 1. The summed E-state index contributed by atoms with van der Waals surface area (Å²) in [6.07, 6.45) is 1.05.